The molecule has 158 valence electrons. The zero-order chi connectivity index (χ0) is 21.6. The molecule has 1 aliphatic heterocycles. The molecule has 0 bridgehead atoms. The molecule has 2 aromatic heterocycles. The summed E-state index contributed by atoms with van der Waals surface area (Å²) in [5, 5.41) is 14.4. The fourth-order valence-corrected chi connectivity index (χ4v) is 4.50. The van der Waals surface area contributed by atoms with Crippen LogP contribution in [0.2, 0.25) is 0 Å². The van der Waals surface area contributed by atoms with Gasteiger partial charge in [-0.1, -0.05) is 18.2 Å². The Hall–Kier alpha value is -3.28. The van der Waals surface area contributed by atoms with E-state index in [2.05, 4.69) is 26.2 Å². The van der Waals surface area contributed by atoms with E-state index < -0.39 is 0 Å². The topological polar surface area (TPSA) is 72.3 Å². The summed E-state index contributed by atoms with van der Waals surface area (Å²) < 4.78 is 13.3. The van der Waals surface area contributed by atoms with E-state index in [1.807, 2.05) is 17.5 Å². The number of nitrogens with zero attached hydrogens (tertiary/aromatic N) is 4. The highest BCUT2D eigenvalue weighted by Gasteiger charge is 2.23. The van der Waals surface area contributed by atoms with Gasteiger partial charge in [-0.05, 0) is 41.3 Å². The highest BCUT2D eigenvalue weighted by Crippen LogP contribution is 2.26. The van der Waals surface area contributed by atoms with E-state index in [9.17, 15) is 14.4 Å². The van der Waals surface area contributed by atoms with Crippen LogP contribution in [-0.4, -0.2) is 48.5 Å². The second-order valence-corrected chi connectivity index (χ2v) is 8.30. The highest BCUT2D eigenvalue weighted by molar-refractivity contribution is 7.10. The van der Waals surface area contributed by atoms with Gasteiger partial charge in [-0.25, -0.2) is 9.37 Å². The number of carbonyl (C=O) groups is 1. The van der Waals surface area contributed by atoms with Crippen LogP contribution in [0.4, 0.5) is 10.2 Å². The summed E-state index contributed by atoms with van der Waals surface area (Å²) in [7, 11) is 0. The molecule has 1 atom stereocenters. The van der Waals surface area contributed by atoms with Gasteiger partial charge in [-0.2, -0.15) is 5.26 Å². The number of pyridine rings is 1. The van der Waals surface area contributed by atoms with Crippen molar-refractivity contribution in [3.8, 4) is 6.07 Å². The van der Waals surface area contributed by atoms with Crippen LogP contribution >= 0.6 is 11.3 Å². The highest BCUT2D eigenvalue weighted by atomic mass is 32.1. The first-order chi connectivity index (χ1) is 15.1. The average molecular weight is 436 g/mol. The lowest BCUT2D eigenvalue weighted by molar-refractivity contribution is -0.122. The molecule has 8 heteroatoms. The molecule has 1 aromatic carbocycles. The number of piperazine rings is 1. The normalized spacial score (nSPS) is 15.3. The number of benzene rings is 1. The van der Waals surface area contributed by atoms with Crippen LogP contribution in [-0.2, 0) is 4.79 Å². The molecule has 1 N–H and O–H groups in total. The third-order valence-electron chi connectivity index (χ3n) is 5.28. The molecule has 31 heavy (non-hydrogen) atoms. The van der Waals surface area contributed by atoms with Crippen molar-refractivity contribution >= 4 is 23.1 Å². The number of thiophene rings is 1. The number of carbonyl (C=O) groups excluding carboxylic acids is 1. The molecule has 0 aliphatic carbocycles. The Morgan fingerprint density at radius 2 is 1.94 bits per heavy atom. The Kier molecular flexibility index (Phi) is 6.55. The Morgan fingerprint density at radius 1 is 1.16 bits per heavy atom. The van der Waals surface area contributed by atoms with Gasteiger partial charge in [-0.15, -0.1) is 11.3 Å². The van der Waals surface area contributed by atoms with E-state index in [0.29, 0.717) is 37.6 Å². The Balaban J connectivity index is 1.37. The van der Waals surface area contributed by atoms with Crippen molar-refractivity contribution in [3.63, 3.8) is 0 Å². The number of hydrogen-bond acceptors (Lipinski definition) is 6. The van der Waals surface area contributed by atoms with Crippen molar-refractivity contribution in [2.24, 2.45) is 0 Å². The quantitative estimate of drug-likeness (QED) is 0.644. The summed E-state index contributed by atoms with van der Waals surface area (Å²) >= 11 is 1.56. The molecule has 1 amide bonds. The summed E-state index contributed by atoms with van der Waals surface area (Å²) in [6, 6.07) is 15.6. The molecule has 1 aliphatic rings. The second kappa shape index (κ2) is 9.69. The molecular formula is C23H22FN5OS. The predicted molar refractivity (Wildman–Crippen MR) is 118 cm³/mol. The molecule has 4 rings (SSSR count). The summed E-state index contributed by atoms with van der Waals surface area (Å²) in [5.41, 5.74) is 1.41. The Bertz CT molecular complexity index is 1060. The van der Waals surface area contributed by atoms with E-state index in [0.717, 1.165) is 10.4 Å². The van der Waals surface area contributed by atoms with Crippen LogP contribution in [0.3, 0.4) is 0 Å². The number of nitriles is 1. The van der Waals surface area contributed by atoms with Crippen LogP contribution in [0.5, 0.6) is 0 Å². The van der Waals surface area contributed by atoms with E-state index in [1.54, 1.807) is 41.8 Å². The van der Waals surface area contributed by atoms with Crippen LogP contribution in [0.1, 0.15) is 22.0 Å². The maximum atomic E-state index is 13.3. The van der Waals surface area contributed by atoms with Gasteiger partial charge in [-0.3, -0.25) is 9.69 Å². The van der Waals surface area contributed by atoms with E-state index >= 15 is 0 Å². The van der Waals surface area contributed by atoms with Crippen LogP contribution in [0.25, 0.3) is 0 Å². The maximum absolute atomic E-state index is 13.3. The third-order valence-corrected chi connectivity index (χ3v) is 6.22. The zero-order valence-electron chi connectivity index (χ0n) is 16.9. The van der Waals surface area contributed by atoms with Crippen molar-refractivity contribution in [2.75, 3.05) is 37.6 Å². The van der Waals surface area contributed by atoms with Gasteiger partial charge in [0.1, 0.15) is 17.7 Å². The molecule has 3 heterocycles. The number of nitrogens with one attached hydrogen (secondary N) is 1. The number of halogens is 1. The molecule has 1 unspecified atom stereocenters. The van der Waals surface area contributed by atoms with Gasteiger partial charge in [0.2, 0.25) is 5.91 Å². The smallest absolute Gasteiger partial charge is 0.234 e. The van der Waals surface area contributed by atoms with Gasteiger partial charge >= 0.3 is 0 Å². The minimum atomic E-state index is -0.305. The number of aromatic nitrogens is 1. The van der Waals surface area contributed by atoms with Crippen molar-refractivity contribution < 1.29 is 9.18 Å². The van der Waals surface area contributed by atoms with Gasteiger partial charge in [0.05, 0.1) is 18.2 Å². The average Bonchev–Trinajstić information content (AvgIpc) is 3.33. The number of rotatable bonds is 6. The number of amides is 1. The molecule has 1 saturated heterocycles. The molecule has 0 radical (unpaired) electrons. The largest absolute Gasteiger partial charge is 0.353 e. The Labute approximate surface area is 184 Å². The van der Waals surface area contributed by atoms with Crippen LogP contribution in [0, 0.1) is 17.1 Å². The summed E-state index contributed by atoms with van der Waals surface area (Å²) in [4.78, 5) is 22.3. The minimum Gasteiger partial charge on any atom is -0.353 e. The van der Waals surface area contributed by atoms with Crippen LogP contribution < -0.4 is 10.2 Å². The zero-order valence-corrected chi connectivity index (χ0v) is 17.7. The molecule has 3 aromatic rings. The van der Waals surface area contributed by atoms with Gasteiger partial charge < -0.3 is 10.2 Å². The fraction of sp³-hybridized carbons (Fsp3) is 0.261. The summed E-state index contributed by atoms with van der Waals surface area (Å²) in [5.74, 6) is 0.320. The standard InChI is InChI=1S/C23H22FN5OS/c24-19-7-5-17(6-8-19)22(20-4-2-14-31-20)27-21(30)16-28-10-12-29(13-11-28)23-18(15-25)3-1-9-26-23/h1-9,14,22H,10-13,16H2,(H,27,30). The van der Waals surface area contributed by atoms with Gasteiger partial charge in [0.15, 0.2) is 0 Å². The Morgan fingerprint density at radius 3 is 2.61 bits per heavy atom. The fourth-order valence-electron chi connectivity index (χ4n) is 3.69. The van der Waals surface area contributed by atoms with Crippen molar-refractivity contribution in [2.45, 2.75) is 6.04 Å². The molecular weight excluding hydrogens is 413 g/mol. The van der Waals surface area contributed by atoms with Crippen molar-refractivity contribution in [3.05, 3.63) is 81.9 Å². The SMILES string of the molecule is N#Cc1cccnc1N1CCN(CC(=O)NC(c2ccc(F)cc2)c2cccs2)CC1. The first kappa shape index (κ1) is 21.0. The lowest BCUT2D eigenvalue weighted by atomic mass is 10.1. The third kappa shape index (κ3) is 5.08. The first-order valence-electron chi connectivity index (χ1n) is 10.0. The minimum absolute atomic E-state index is 0.0771. The summed E-state index contributed by atoms with van der Waals surface area (Å²) in [6.45, 7) is 3.09. The molecule has 6 nitrogen and oxygen atoms in total. The molecule has 0 saturated carbocycles. The molecule has 1 fully saturated rings. The maximum Gasteiger partial charge on any atom is 0.234 e. The van der Waals surface area contributed by atoms with Gasteiger partial charge in [0.25, 0.3) is 0 Å². The van der Waals surface area contributed by atoms with E-state index in [4.69, 9.17) is 0 Å². The second-order valence-electron chi connectivity index (χ2n) is 7.32. The van der Waals surface area contributed by atoms with Gasteiger partial charge in [0, 0.05) is 37.3 Å². The van der Waals surface area contributed by atoms with Crippen molar-refractivity contribution in [1.29, 1.82) is 5.26 Å². The summed E-state index contributed by atoms with van der Waals surface area (Å²) in [6.07, 6.45) is 1.69. The predicted octanol–water partition coefficient (Wildman–Crippen LogP) is 3.18. The lowest BCUT2D eigenvalue weighted by Gasteiger charge is -2.35. The first-order valence-corrected chi connectivity index (χ1v) is 10.9. The number of anilines is 1. The van der Waals surface area contributed by atoms with E-state index in [1.165, 1.54) is 12.1 Å². The lowest BCUT2D eigenvalue weighted by Crippen LogP contribution is -2.50. The molecule has 0 spiro atoms. The van der Waals surface area contributed by atoms with Crippen LogP contribution in [0.15, 0.2) is 60.1 Å². The number of hydrogen-bond donors (Lipinski definition) is 1. The van der Waals surface area contributed by atoms with Crippen molar-refractivity contribution in [1.82, 2.24) is 15.2 Å². The monoisotopic (exact) mass is 435 g/mol. The van der Waals surface area contributed by atoms with E-state index in [-0.39, 0.29) is 24.3 Å².